The highest BCUT2D eigenvalue weighted by atomic mass is 32.1. The molecule has 106 valence electrons. The van der Waals surface area contributed by atoms with Crippen LogP contribution in [0, 0.1) is 0 Å². The molecule has 0 aliphatic carbocycles. The predicted octanol–water partition coefficient (Wildman–Crippen LogP) is 2.26. The highest BCUT2D eigenvalue weighted by Crippen LogP contribution is 2.17. The summed E-state index contributed by atoms with van der Waals surface area (Å²) >= 11 is 5.40. The Balaban J connectivity index is 1.98. The lowest BCUT2D eigenvalue weighted by Crippen LogP contribution is -2.31. The van der Waals surface area contributed by atoms with Gasteiger partial charge in [-0.2, -0.15) is 5.10 Å². The number of hydrogen-bond donors (Lipinski definition) is 1. The summed E-state index contributed by atoms with van der Waals surface area (Å²) in [6.07, 6.45) is 1.78. The Morgan fingerprint density at radius 1 is 1.45 bits per heavy atom. The van der Waals surface area contributed by atoms with Gasteiger partial charge in [-0.25, -0.2) is 0 Å². The average molecular weight is 290 g/mol. The van der Waals surface area contributed by atoms with Crippen LogP contribution in [0.15, 0.2) is 36.5 Å². The number of anilines is 1. The van der Waals surface area contributed by atoms with Crippen molar-refractivity contribution in [2.24, 2.45) is 7.05 Å². The maximum Gasteiger partial charge on any atom is 0.173 e. The number of nitrogens with one attached hydrogen (secondary N) is 1. The van der Waals surface area contributed by atoms with Gasteiger partial charge in [0.2, 0.25) is 0 Å². The maximum atomic E-state index is 5.40. The first kappa shape index (κ1) is 14.3. The average Bonchev–Trinajstić information content (AvgIpc) is 2.84. The summed E-state index contributed by atoms with van der Waals surface area (Å²) in [4.78, 5) is 1.96. The van der Waals surface area contributed by atoms with Crippen molar-refractivity contribution in [2.75, 3.05) is 19.5 Å². The molecule has 1 aromatic heterocycles. The number of nitrogens with zero attached hydrogens (tertiary/aromatic N) is 3. The molecule has 0 atom stereocenters. The van der Waals surface area contributed by atoms with Gasteiger partial charge in [-0.15, -0.1) is 0 Å². The molecule has 1 N–H and O–H groups in total. The van der Waals surface area contributed by atoms with E-state index in [-0.39, 0.29) is 0 Å². The van der Waals surface area contributed by atoms with E-state index >= 15 is 0 Å². The van der Waals surface area contributed by atoms with Crippen LogP contribution in [0.3, 0.4) is 0 Å². The summed E-state index contributed by atoms with van der Waals surface area (Å²) in [5, 5.41) is 7.99. The monoisotopic (exact) mass is 290 g/mol. The van der Waals surface area contributed by atoms with Crippen LogP contribution in [-0.4, -0.2) is 34.0 Å². The molecule has 0 unspecified atom stereocenters. The molecule has 0 fully saturated rings. The number of benzene rings is 1. The highest BCUT2D eigenvalue weighted by Gasteiger charge is 2.08. The Kier molecular flexibility index (Phi) is 4.57. The first-order valence-corrected chi connectivity index (χ1v) is 6.64. The Morgan fingerprint density at radius 2 is 2.25 bits per heavy atom. The van der Waals surface area contributed by atoms with Gasteiger partial charge in [0, 0.05) is 32.0 Å². The summed E-state index contributed by atoms with van der Waals surface area (Å²) in [5.74, 6) is 0.798. The molecule has 1 heterocycles. The van der Waals surface area contributed by atoms with Gasteiger partial charge in [0.15, 0.2) is 5.11 Å². The summed E-state index contributed by atoms with van der Waals surface area (Å²) < 4.78 is 7.03. The Bertz CT molecular complexity index is 596. The van der Waals surface area contributed by atoms with E-state index in [1.165, 1.54) is 0 Å². The van der Waals surface area contributed by atoms with Gasteiger partial charge in [-0.1, -0.05) is 6.07 Å². The quantitative estimate of drug-likeness (QED) is 0.875. The SMILES string of the molecule is COc1cccc(NC(=S)N(C)Cc2ccnn2C)c1. The van der Waals surface area contributed by atoms with E-state index in [0.717, 1.165) is 17.1 Å². The maximum absolute atomic E-state index is 5.40. The fourth-order valence-electron chi connectivity index (χ4n) is 1.79. The second kappa shape index (κ2) is 6.38. The molecule has 20 heavy (non-hydrogen) atoms. The third kappa shape index (κ3) is 3.48. The zero-order valence-corrected chi connectivity index (χ0v) is 12.6. The minimum atomic E-state index is 0.652. The van der Waals surface area contributed by atoms with Crippen LogP contribution in [0.1, 0.15) is 5.69 Å². The van der Waals surface area contributed by atoms with Crippen molar-refractivity contribution in [3.63, 3.8) is 0 Å². The third-order valence-electron chi connectivity index (χ3n) is 2.99. The molecule has 0 amide bonds. The van der Waals surface area contributed by atoms with Crippen LogP contribution in [0.5, 0.6) is 5.75 Å². The lowest BCUT2D eigenvalue weighted by molar-refractivity contribution is 0.415. The molecule has 0 bridgehead atoms. The van der Waals surface area contributed by atoms with Gasteiger partial charge in [0.25, 0.3) is 0 Å². The summed E-state index contributed by atoms with van der Waals surface area (Å²) in [7, 11) is 5.51. The van der Waals surface area contributed by atoms with Crippen LogP contribution in [-0.2, 0) is 13.6 Å². The van der Waals surface area contributed by atoms with E-state index in [2.05, 4.69) is 10.4 Å². The van der Waals surface area contributed by atoms with Crippen LogP contribution < -0.4 is 10.1 Å². The van der Waals surface area contributed by atoms with Crippen molar-refractivity contribution < 1.29 is 4.74 Å². The van der Waals surface area contributed by atoms with Crippen molar-refractivity contribution in [1.29, 1.82) is 0 Å². The van der Waals surface area contributed by atoms with E-state index in [1.54, 1.807) is 13.3 Å². The number of rotatable bonds is 4. The number of methoxy groups -OCH3 is 1. The van der Waals surface area contributed by atoms with Crippen LogP contribution in [0.25, 0.3) is 0 Å². The number of hydrogen-bond acceptors (Lipinski definition) is 3. The Morgan fingerprint density at radius 3 is 2.90 bits per heavy atom. The molecule has 0 radical (unpaired) electrons. The van der Waals surface area contributed by atoms with Gasteiger partial charge < -0.3 is 15.0 Å². The number of ether oxygens (including phenoxy) is 1. The van der Waals surface area contributed by atoms with Crippen molar-refractivity contribution in [3.8, 4) is 5.75 Å². The molecule has 0 aliphatic rings. The fourth-order valence-corrected chi connectivity index (χ4v) is 1.97. The van der Waals surface area contributed by atoms with Gasteiger partial charge in [0.05, 0.1) is 19.3 Å². The largest absolute Gasteiger partial charge is 0.497 e. The first-order chi connectivity index (χ1) is 9.60. The molecule has 6 heteroatoms. The highest BCUT2D eigenvalue weighted by molar-refractivity contribution is 7.80. The molecule has 0 aliphatic heterocycles. The lowest BCUT2D eigenvalue weighted by Gasteiger charge is -2.21. The standard InChI is InChI=1S/C14H18N4OS/c1-17(10-12-7-8-15-18(12)2)14(20)16-11-5-4-6-13(9-11)19-3/h4-9H,10H2,1-3H3,(H,16,20). The topological polar surface area (TPSA) is 42.3 Å². The van der Waals surface area contributed by atoms with Crippen molar-refractivity contribution in [3.05, 3.63) is 42.2 Å². The normalized spacial score (nSPS) is 10.2. The summed E-state index contributed by atoms with van der Waals surface area (Å²) in [5.41, 5.74) is 2.01. The van der Waals surface area contributed by atoms with E-state index in [0.29, 0.717) is 11.7 Å². The molecule has 2 aromatic rings. The van der Waals surface area contributed by atoms with E-state index in [1.807, 2.05) is 54.0 Å². The van der Waals surface area contributed by atoms with Crippen LogP contribution in [0.4, 0.5) is 5.69 Å². The van der Waals surface area contributed by atoms with Gasteiger partial charge in [-0.3, -0.25) is 4.68 Å². The second-order valence-electron chi connectivity index (χ2n) is 4.46. The van der Waals surface area contributed by atoms with Gasteiger partial charge in [0.1, 0.15) is 5.75 Å². The molecule has 0 spiro atoms. The molecule has 2 rings (SSSR count). The van der Waals surface area contributed by atoms with Crippen molar-refractivity contribution in [2.45, 2.75) is 6.54 Å². The first-order valence-electron chi connectivity index (χ1n) is 6.23. The summed E-state index contributed by atoms with van der Waals surface area (Å²) in [6.45, 7) is 0.701. The third-order valence-corrected chi connectivity index (χ3v) is 3.40. The van der Waals surface area contributed by atoms with E-state index in [4.69, 9.17) is 17.0 Å². The zero-order chi connectivity index (χ0) is 14.5. The van der Waals surface area contributed by atoms with Crippen LogP contribution in [0.2, 0.25) is 0 Å². The predicted molar refractivity (Wildman–Crippen MR) is 83.9 cm³/mol. The lowest BCUT2D eigenvalue weighted by atomic mass is 10.3. The molecular weight excluding hydrogens is 272 g/mol. The minimum absolute atomic E-state index is 0.652. The van der Waals surface area contributed by atoms with Gasteiger partial charge in [-0.05, 0) is 30.4 Å². The Labute approximate surface area is 124 Å². The molecular formula is C14H18N4OS. The smallest absolute Gasteiger partial charge is 0.173 e. The minimum Gasteiger partial charge on any atom is -0.497 e. The van der Waals surface area contributed by atoms with Crippen molar-refractivity contribution >= 4 is 23.0 Å². The fraction of sp³-hybridized carbons (Fsp3) is 0.286. The number of thiocarbonyl (C=S) groups is 1. The molecule has 5 nitrogen and oxygen atoms in total. The number of aryl methyl sites for hydroxylation is 1. The number of aromatic nitrogens is 2. The van der Waals surface area contributed by atoms with Gasteiger partial charge >= 0.3 is 0 Å². The van der Waals surface area contributed by atoms with E-state index < -0.39 is 0 Å². The van der Waals surface area contributed by atoms with E-state index in [9.17, 15) is 0 Å². The van der Waals surface area contributed by atoms with Crippen molar-refractivity contribution in [1.82, 2.24) is 14.7 Å². The summed E-state index contributed by atoms with van der Waals surface area (Å²) in [6, 6.07) is 9.65. The second-order valence-corrected chi connectivity index (χ2v) is 4.85. The van der Waals surface area contributed by atoms with Crippen LogP contribution >= 0.6 is 12.2 Å². The molecule has 0 saturated heterocycles. The zero-order valence-electron chi connectivity index (χ0n) is 11.8. The molecule has 0 saturated carbocycles. The Hall–Kier alpha value is -2.08. The molecule has 1 aromatic carbocycles.